The molecule has 1 aromatic heterocycles. The van der Waals surface area contributed by atoms with Crippen molar-refractivity contribution >= 4 is 0 Å². The lowest BCUT2D eigenvalue weighted by Crippen LogP contribution is -2.14. The number of nitrogens with one attached hydrogen (secondary N) is 1. The SMILES string of the molecule is CCOCc1ccccc1CNCc1nnc(C)o1. The first-order valence-corrected chi connectivity index (χ1v) is 6.44. The largest absolute Gasteiger partial charge is 0.424 e. The van der Waals surface area contributed by atoms with Crippen molar-refractivity contribution in [3.63, 3.8) is 0 Å². The van der Waals surface area contributed by atoms with Crippen molar-refractivity contribution in [2.24, 2.45) is 0 Å². The molecule has 0 saturated carbocycles. The number of benzene rings is 1. The van der Waals surface area contributed by atoms with Crippen LogP contribution in [-0.2, 0) is 24.4 Å². The van der Waals surface area contributed by atoms with Crippen LogP contribution in [-0.4, -0.2) is 16.8 Å². The summed E-state index contributed by atoms with van der Waals surface area (Å²) in [6.07, 6.45) is 0. The third kappa shape index (κ3) is 4.15. The van der Waals surface area contributed by atoms with Crippen molar-refractivity contribution in [2.75, 3.05) is 6.61 Å². The number of ether oxygens (including phenoxy) is 1. The minimum absolute atomic E-state index is 0.573. The van der Waals surface area contributed by atoms with Crippen LogP contribution < -0.4 is 5.32 Å². The predicted octanol–water partition coefficient (Wildman–Crippen LogP) is 2.20. The highest BCUT2D eigenvalue weighted by Crippen LogP contribution is 2.10. The number of aryl methyl sites for hydroxylation is 1. The third-order valence-electron chi connectivity index (χ3n) is 2.74. The lowest BCUT2D eigenvalue weighted by Gasteiger charge is -2.09. The standard InChI is InChI=1S/C14H19N3O2/c1-3-18-10-13-7-5-4-6-12(13)8-15-9-14-17-16-11(2)19-14/h4-7,15H,3,8-10H2,1-2H3. The average Bonchev–Trinajstić information content (AvgIpc) is 2.83. The Hall–Kier alpha value is -1.72. The molecular formula is C14H19N3O2. The van der Waals surface area contributed by atoms with E-state index in [-0.39, 0.29) is 0 Å². The summed E-state index contributed by atoms with van der Waals surface area (Å²) < 4.78 is 10.8. The molecule has 0 spiro atoms. The Morgan fingerprint density at radius 3 is 2.63 bits per heavy atom. The maximum atomic E-state index is 5.46. The predicted molar refractivity (Wildman–Crippen MR) is 71.4 cm³/mol. The fourth-order valence-corrected chi connectivity index (χ4v) is 1.80. The normalized spacial score (nSPS) is 10.8. The Morgan fingerprint density at radius 1 is 1.16 bits per heavy atom. The van der Waals surface area contributed by atoms with Crippen LogP contribution in [0.25, 0.3) is 0 Å². The van der Waals surface area contributed by atoms with E-state index in [0.717, 1.165) is 13.2 Å². The first kappa shape index (κ1) is 13.7. The monoisotopic (exact) mass is 261 g/mol. The molecule has 19 heavy (non-hydrogen) atoms. The van der Waals surface area contributed by atoms with Crippen LogP contribution >= 0.6 is 0 Å². The zero-order chi connectivity index (χ0) is 13.5. The van der Waals surface area contributed by atoms with Gasteiger partial charge in [-0.15, -0.1) is 10.2 Å². The zero-order valence-electron chi connectivity index (χ0n) is 11.3. The van der Waals surface area contributed by atoms with E-state index in [2.05, 4.69) is 27.6 Å². The van der Waals surface area contributed by atoms with Crippen molar-refractivity contribution in [3.8, 4) is 0 Å². The van der Waals surface area contributed by atoms with Crippen molar-refractivity contribution in [1.29, 1.82) is 0 Å². The molecule has 0 aliphatic carbocycles. The summed E-state index contributed by atoms with van der Waals surface area (Å²) in [5.41, 5.74) is 2.44. The van der Waals surface area contributed by atoms with Gasteiger partial charge in [-0.3, -0.25) is 0 Å². The molecule has 2 rings (SSSR count). The third-order valence-corrected chi connectivity index (χ3v) is 2.74. The minimum atomic E-state index is 0.573. The van der Waals surface area contributed by atoms with Crippen LogP contribution in [0.3, 0.4) is 0 Å². The molecule has 1 N–H and O–H groups in total. The quantitative estimate of drug-likeness (QED) is 0.828. The first-order chi connectivity index (χ1) is 9.29. The van der Waals surface area contributed by atoms with Gasteiger partial charge in [-0.2, -0.15) is 0 Å². The zero-order valence-corrected chi connectivity index (χ0v) is 11.3. The van der Waals surface area contributed by atoms with Gasteiger partial charge in [0.05, 0.1) is 13.2 Å². The smallest absolute Gasteiger partial charge is 0.230 e. The Labute approximate surface area is 113 Å². The molecule has 1 heterocycles. The average molecular weight is 261 g/mol. The highest BCUT2D eigenvalue weighted by Gasteiger charge is 2.04. The Bertz CT molecular complexity index is 511. The van der Waals surface area contributed by atoms with Gasteiger partial charge in [0.25, 0.3) is 0 Å². The van der Waals surface area contributed by atoms with Gasteiger partial charge in [-0.25, -0.2) is 0 Å². The Kier molecular flexibility index (Phi) is 5.06. The van der Waals surface area contributed by atoms with E-state index in [1.807, 2.05) is 19.1 Å². The summed E-state index contributed by atoms with van der Waals surface area (Å²) in [6.45, 7) is 6.48. The van der Waals surface area contributed by atoms with Gasteiger partial charge in [0.1, 0.15) is 0 Å². The van der Waals surface area contributed by atoms with E-state index in [1.54, 1.807) is 6.92 Å². The van der Waals surface area contributed by atoms with Crippen LogP contribution in [0.2, 0.25) is 0 Å². The van der Waals surface area contributed by atoms with Crippen molar-refractivity contribution in [2.45, 2.75) is 33.5 Å². The fourth-order valence-electron chi connectivity index (χ4n) is 1.80. The summed E-state index contributed by atoms with van der Waals surface area (Å²) in [4.78, 5) is 0. The Morgan fingerprint density at radius 2 is 1.95 bits per heavy atom. The summed E-state index contributed by atoms with van der Waals surface area (Å²) in [5, 5.41) is 11.0. The second kappa shape index (κ2) is 7.01. The first-order valence-electron chi connectivity index (χ1n) is 6.44. The molecule has 0 unspecified atom stereocenters. The van der Waals surface area contributed by atoms with Crippen LogP contribution in [0.5, 0.6) is 0 Å². The number of hydrogen-bond acceptors (Lipinski definition) is 5. The molecule has 0 radical (unpaired) electrons. The summed E-state index contributed by atoms with van der Waals surface area (Å²) in [6, 6.07) is 8.24. The molecule has 2 aromatic rings. The van der Waals surface area contributed by atoms with E-state index in [9.17, 15) is 0 Å². The van der Waals surface area contributed by atoms with E-state index in [0.29, 0.717) is 24.9 Å². The topological polar surface area (TPSA) is 60.2 Å². The van der Waals surface area contributed by atoms with Gasteiger partial charge >= 0.3 is 0 Å². The van der Waals surface area contributed by atoms with Crippen LogP contribution in [0, 0.1) is 6.92 Å². The van der Waals surface area contributed by atoms with Crippen molar-refractivity contribution in [1.82, 2.24) is 15.5 Å². The lowest BCUT2D eigenvalue weighted by molar-refractivity contribution is 0.133. The van der Waals surface area contributed by atoms with Gasteiger partial charge in [0, 0.05) is 20.1 Å². The molecule has 1 aromatic carbocycles. The van der Waals surface area contributed by atoms with Gasteiger partial charge in [-0.05, 0) is 18.1 Å². The Balaban J connectivity index is 1.88. The van der Waals surface area contributed by atoms with Crippen LogP contribution in [0.4, 0.5) is 0 Å². The molecule has 0 aliphatic rings. The summed E-state index contributed by atoms with van der Waals surface area (Å²) in [5.74, 6) is 1.20. The highest BCUT2D eigenvalue weighted by atomic mass is 16.5. The van der Waals surface area contributed by atoms with Gasteiger partial charge in [0.15, 0.2) is 0 Å². The summed E-state index contributed by atoms with van der Waals surface area (Å²) in [7, 11) is 0. The van der Waals surface area contributed by atoms with E-state index in [4.69, 9.17) is 9.15 Å². The van der Waals surface area contributed by atoms with E-state index < -0.39 is 0 Å². The second-order valence-electron chi connectivity index (χ2n) is 4.22. The lowest BCUT2D eigenvalue weighted by atomic mass is 10.1. The molecule has 0 saturated heterocycles. The number of aromatic nitrogens is 2. The maximum Gasteiger partial charge on any atom is 0.230 e. The molecule has 0 fully saturated rings. The molecule has 0 amide bonds. The summed E-state index contributed by atoms with van der Waals surface area (Å²) >= 11 is 0. The van der Waals surface area contributed by atoms with Crippen molar-refractivity contribution < 1.29 is 9.15 Å². The number of rotatable bonds is 7. The number of nitrogens with zero attached hydrogens (tertiary/aromatic N) is 2. The van der Waals surface area contributed by atoms with E-state index in [1.165, 1.54) is 11.1 Å². The second-order valence-corrected chi connectivity index (χ2v) is 4.22. The van der Waals surface area contributed by atoms with Crippen LogP contribution in [0.1, 0.15) is 29.8 Å². The maximum absolute atomic E-state index is 5.46. The van der Waals surface area contributed by atoms with Crippen LogP contribution in [0.15, 0.2) is 28.7 Å². The highest BCUT2D eigenvalue weighted by molar-refractivity contribution is 5.26. The van der Waals surface area contributed by atoms with Gasteiger partial charge < -0.3 is 14.5 Å². The molecule has 0 aliphatic heterocycles. The molecule has 0 atom stereocenters. The molecule has 0 bridgehead atoms. The molecule has 5 heteroatoms. The van der Waals surface area contributed by atoms with Gasteiger partial charge in [-0.1, -0.05) is 24.3 Å². The molecule has 5 nitrogen and oxygen atoms in total. The van der Waals surface area contributed by atoms with Crippen molar-refractivity contribution in [3.05, 3.63) is 47.2 Å². The molecular weight excluding hydrogens is 242 g/mol. The van der Waals surface area contributed by atoms with Gasteiger partial charge in [0.2, 0.25) is 11.8 Å². The number of hydrogen-bond donors (Lipinski definition) is 1. The molecule has 102 valence electrons. The fraction of sp³-hybridized carbons (Fsp3) is 0.429. The van der Waals surface area contributed by atoms with E-state index >= 15 is 0 Å². The minimum Gasteiger partial charge on any atom is -0.424 e.